The van der Waals surface area contributed by atoms with Crippen molar-refractivity contribution in [3.63, 3.8) is 0 Å². The molecule has 0 radical (unpaired) electrons. The second kappa shape index (κ2) is 3.68. The molecule has 1 rings (SSSR count). The maximum absolute atomic E-state index is 9.27. The molecule has 3 N–H and O–H groups in total. The predicted octanol–water partition coefficient (Wildman–Crippen LogP) is -1.54. The summed E-state index contributed by atoms with van der Waals surface area (Å²) >= 11 is 0. The summed E-state index contributed by atoms with van der Waals surface area (Å²) in [6.07, 6.45) is -4.86. The minimum Gasteiger partial charge on any atom is -0.388 e. The van der Waals surface area contributed by atoms with E-state index in [0.29, 0.717) is 0 Å². The molecule has 12 heavy (non-hydrogen) atoms. The SMILES string of the molecule is CO[C@H]1O[C@@H](C)[C@@H](O)[C@@H](O)[C@@H]1O. The summed E-state index contributed by atoms with van der Waals surface area (Å²) in [5.74, 6) is 0. The van der Waals surface area contributed by atoms with Crippen LogP contribution in [0.3, 0.4) is 0 Å². The summed E-state index contributed by atoms with van der Waals surface area (Å²) in [5.41, 5.74) is 0. The van der Waals surface area contributed by atoms with Crippen molar-refractivity contribution in [2.75, 3.05) is 7.11 Å². The highest BCUT2D eigenvalue weighted by Gasteiger charge is 2.41. The zero-order valence-electron chi connectivity index (χ0n) is 7.04. The van der Waals surface area contributed by atoms with Crippen molar-refractivity contribution in [2.24, 2.45) is 0 Å². The number of hydrogen-bond acceptors (Lipinski definition) is 5. The van der Waals surface area contributed by atoms with Gasteiger partial charge in [-0.3, -0.25) is 0 Å². The molecule has 1 fully saturated rings. The molecule has 0 aromatic heterocycles. The third-order valence-corrected chi connectivity index (χ3v) is 2.04. The van der Waals surface area contributed by atoms with Gasteiger partial charge in [-0.1, -0.05) is 0 Å². The summed E-state index contributed by atoms with van der Waals surface area (Å²) in [6, 6.07) is 0. The van der Waals surface area contributed by atoms with Gasteiger partial charge in [-0.25, -0.2) is 0 Å². The molecule has 0 bridgehead atoms. The Labute approximate surface area is 70.5 Å². The van der Waals surface area contributed by atoms with Gasteiger partial charge in [0.2, 0.25) is 0 Å². The van der Waals surface area contributed by atoms with Gasteiger partial charge in [0.25, 0.3) is 0 Å². The molecule has 1 saturated heterocycles. The maximum atomic E-state index is 9.27. The molecule has 0 aliphatic carbocycles. The molecule has 0 saturated carbocycles. The van der Waals surface area contributed by atoms with Gasteiger partial charge >= 0.3 is 0 Å². The van der Waals surface area contributed by atoms with Crippen molar-refractivity contribution < 1.29 is 24.8 Å². The van der Waals surface area contributed by atoms with Crippen LogP contribution in [0, 0.1) is 0 Å². The topological polar surface area (TPSA) is 79.2 Å². The molecule has 0 aromatic rings. The van der Waals surface area contributed by atoms with E-state index in [4.69, 9.17) is 9.47 Å². The van der Waals surface area contributed by atoms with Crippen LogP contribution in [0.4, 0.5) is 0 Å². The maximum Gasteiger partial charge on any atom is 0.186 e. The predicted molar refractivity (Wildman–Crippen MR) is 39.4 cm³/mol. The Morgan fingerprint density at radius 2 is 1.67 bits per heavy atom. The van der Waals surface area contributed by atoms with E-state index in [9.17, 15) is 15.3 Å². The van der Waals surface area contributed by atoms with Gasteiger partial charge in [-0.05, 0) is 6.92 Å². The van der Waals surface area contributed by atoms with Gasteiger partial charge in [0.1, 0.15) is 18.3 Å². The summed E-state index contributed by atoms with van der Waals surface area (Å²) in [5, 5.41) is 27.8. The molecule has 0 aromatic carbocycles. The fraction of sp³-hybridized carbons (Fsp3) is 1.00. The van der Waals surface area contributed by atoms with Crippen LogP contribution in [-0.2, 0) is 9.47 Å². The van der Waals surface area contributed by atoms with Crippen LogP contribution >= 0.6 is 0 Å². The molecule has 1 aliphatic heterocycles. The highest BCUT2D eigenvalue weighted by molar-refractivity contribution is 4.86. The first-order valence-corrected chi connectivity index (χ1v) is 3.80. The smallest absolute Gasteiger partial charge is 0.186 e. The quantitative estimate of drug-likeness (QED) is 0.453. The van der Waals surface area contributed by atoms with Crippen molar-refractivity contribution in [1.29, 1.82) is 0 Å². The number of methoxy groups -OCH3 is 1. The fourth-order valence-electron chi connectivity index (χ4n) is 1.21. The third kappa shape index (κ3) is 1.60. The van der Waals surface area contributed by atoms with Crippen LogP contribution in [0.2, 0.25) is 0 Å². The monoisotopic (exact) mass is 178 g/mol. The van der Waals surface area contributed by atoms with Gasteiger partial charge in [0, 0.05) is 7.11 Å². The molecular weight excluding hydrogens is 164 g/mol. The standard InChI is InChI=1S/C7H14O5/c1-3-4(8)5(9)6(10)7(11-2)12-3/h3-10H,1-2H3/t3-,4+,5+,6-,7-/m0/s1. The minimum atomic E-state index is -1.21. The number of rotatable bonds is 1. The minimum absolute atomic E-state index is 0.534. The Bertz CT molecular complexity index is 146. The largest absolute Gasteiger partial charge is 0.388 e. The summed E-state index contributed by atoms with van der Waals surface area (Å²) in [6.45, 7) is 1.60. The Balaban J connectivity index is 2.63. The van der Waals surface area contributed by atoms with Crippen LogP contribution in [0.5, 0.6) is 0 Å². The van der Waals surface area contributed by atoms with Crippen LogP contribution in [0.15, 0.2) is 0 Å². The Kier molecular flexibility index (Phi) is 3.03. The van der Waals surface area contributed by atoms with Crippen LogP contribution < -0.4 is 0 Å². The molecule has 0 unspecified atom stereocenters. The Hall–Kier alpha value is -0.200. The lowest BCUT2D eigenvalue weighted by molar-refractivity contribution is -0.286. The average molecular weight is 178 g/mol. The van der Waals surface area contributed by atoms with E-state index in [1.807, 2.05) is 0 Å². The van der Waals surface area contributed by atoms with Gasteiger partial charge in [0.05, 0.1) is 6.10 Å². The van der Waals surface area contributed by atoms with Gasteiger partial charge in [0.15, 0.2) is 6.29 Å². The van der Waals surface area contributed by atoms with E-state index >= 15 is 0 Å². The molecule has 0 amide bonds. The zero-order valence-corrected chi connectivity index (χ0v) is 7.04. The van der Waals surface area contributed by atoms with Gasteiger partial charge < -0.3 is 24.8 Å². The molecule has 1 heterocycles. The average Bonchev–Trinajstić information content (AvgIpc) is 2.08. The first-order chi connectivity index (χ1) is 5.57. The number of hydrogen-bond donors (Lipinski definition) is 3. The van der Waals surface area contributed by atoms with Gasteiger partial charge in [-0.15, -0.1) is 0 Å². The van der Waals surface area contributed by atoms with E-state index in [-0.39, 0.29) is 0 Å². The molecule has 72 valence electrons. The Morgan fingerprint density at radius 1 is 1.08 bits per heavy atom. The fourth-order valence-corrected chi connectivity index (χ4v) is 1.21. The second-order valence-corrected chi connectivity index (χ2v) is 2.92. The van der Waals surface area contributed by atoms with E-state index in [1.54, 1.807) is 6.92 Å². The molecule has 0 spiro atoms. The third-order valence-electron chi connectivity index (χ3n) is 2.04. The van der Waals surface area contributed by atoms with Crippen LogP contribution in [-0.4, -0.2) is 53.1 Å². The lowest BCUT2D eigenvalue weighted by Crippen LogP contribution is -2.57. The van der Waals surface area contributed by atoms with Crippen molar-refractivity contribution in [1.82, 2.24) is 0 Å². The first kappa shape index (κ1) is 9.88. The number of aliphatic hydroxyl groups excluding tert-OH is 3. The van der Waals surface area contributed by atoms with Crippen LogP contribution in [0.1, 0.15) is 6.92 Å². The van der Waals surface area contributed by atoms with Crippen molar-refractivity contribution in [3.8, 4) is 0 Å². The summed E-state index contributed by atoms with van der Waals surface area (Å²) in [7, 11) is 1.37. The lowest BCUT2D eigenvalue weighted by Gasteiger charge is -2.38. The van der Waals surface area contributed by atoms with Crippen molar-refractivity contribution in [3.05, 3.63) is 0 Å². The molecule has 5 heteroatoms. The number of aliphatic hydroxyl groups is 3. The Morgan fingerprint density at radius 3 is 2.17 bits per heavy atom. The van der Waals surface area contributed by atoms with Gasteiger partial charge in [-0.2, -0.15) is 0 Å². The van der Waals surface area contributed by atoms with E-state index in [0.717, 1.165) is 0 Å². The zero-order chi connectivity index (χ0) is 9.30. The molecule has 1 aliphatic rings. The van der Waals surface area contributed by atoms with E-state index in [2.05, 4.69) is 0 Å². The highest BCUT2D eigenvalue weighted by atomic mass is 16.7. The molecule has 5 nitrogen and oxygen atoms in total. The molecule has 5 atom stereocenters. The molecular formula is C7H14O5. The normalized spacial score (nSPS) is 49.2. The number of ether oxygens (including phenoxy) is 2. The van der Waals surface area contributed by atoms with Crippen LogP contribution in [0.25, 0.3) is 0 Å². The lowest BCUT2D eigenvalue weighted by atomic mass is 10.0. The van der Waals surface area contributed by atoms with E-state index in [1.165, 1.54) is 7.11 Å². The summed E-state index contributed by atoms with van der Waals surface area (Å²) < 4.78 is 9.80. The highest BCUT2D eigenvalue weighted by Crippen LogP contribution is 2.20. The van der Waals surface area contributed by atoms with Crippen molar-refractivity contribution >= 4 is 0 Å². The summed E-state index contributed by atoms with van der Waals surface area (Å²) in [4.78, 5) is 0. The second-order valence-electron chi connectivity index (χ2n) is 2.92. The van der Waals surface area contributed by atoms with Crippen molar-refractivity contribution in [2.45, 2.75) is 37.6 Å². The van der Waals surface area contributed by atoms with E-state index < -0.39 is 30.7 Å². The first-order valence-electron chi connectivity index (χ1n) is 3.80.